The van der Waals surface area contributed by atoms with Gasteiger partial charge in [-0.15, -0.1) is 0 Å². The van der Waals surface area contributed by atoms with E-state index >= 15 is 0 Å². The van der Waals surface area contributed by atoms with Gasteiger partial charge in [-0.25, -0.2) is 0 Å². The highest BCUT2D eigenvalue weighted by molar-refractivity contribution is 5.73. The highest BCUT2D eigenvalue weighted by Crippen LogP contribution is 2.37. The summed E-state index contributed by atoms with van der Waals surface area (Å²) in [7, 11) is 0. The van der Waals surface area contributed by atoms with Gasteiger partial charge in [0.2, 0.25) is 5.91 Å². The van der Waals surface area contributed by atoms with Crippen LogP contribution in [0.3, 0.4) is 0 Å². The smallest absolute Gasteiger partial charge is 0.217 e. The molecule has 24 atom stereocenters. The fraction of sp³-hybridized carbons (Fsp3) is 0.969. The molecule has 5 rings (SSSR count). The van der Waals surface area contributed by atoms with Gasteiger partial charge in [0.15, 0.2) is 31.5 Å². The second-order valence-corrected chi connectivity index (χ2v) is 14.5. The van der Waals surface area contributed by atoms with Gasteiger partial charge in [0, 0.05) is 13.3 Å². The number of hydrogen-bond acceptors (Lipinski definition) is 23. The van der Waals surface area contributed by atoms with E-state index in [9.17, 15) is 71.2 Å². The van der Waals surface area contributed by atoms with Gasteiger partial charge < -0.3 is 114 Å². The predicted molar refractivity (Wildman–Crippen MR) is 174 cm³/mol. The lowest BCUT2D eigenvalue weighted by molar-refractivity contribution is -0.396. The van der Waals surface area contributed by atoms with E-state index in [1.807, 2.05) is 0 Å². The Hall–Kier alpha value is -1.41. The Kier molecular flexibility index (Phi) is 15.8. The average Bonchev–Trinajstić information content (AvgIpc) is 3.16. The summed E-state index contributed by atoms with van der Waals surface area (Å²) in [6, 6.07) is -1.58. The summed E-state index contributed by atoms with van der Waals surface area (Å²) < 4.78 is 52.4. The second-order valence-electron chi connectivity index (χ2n) is 14.5. The summed E-state index contributed by atoms with van der Waals surface area (Å²) in [4.78, 5) is 12.7. The average molecular weight is 822 g/mol. The van der Waals surface area contributed by atoms with E-state index in [-0.39, 0.29) is 6.42 Å². The molecule has 5 saturated heterocycles. The molecule has 0 aliphatic carbocycles. The van der Waals surface area contributed by atoms with E-state index in [1.54, 1.807) is 0 Å². The van der Waals surface area contributed by atoms with Crippen molar-refractivity contribution in [2.75, 3.05) is 19.8 Å². The van der Waals surface area contributed by atoms with Crippen LogP contribution in [0.25, 0.3) is 0 Å². The Balaban J connectivity index is 1.53. The van der Waals surface area contributed by atoms with Gasteiger partial charge in [-0.2, -0.15) is 0 Å². The van der Waals surface area contributed by atoms with E-state index in [4.69, 9.17) is 42.6 Å². The van der Waals surface area contributed by atoms with Crippen LogP contribution in [0.15, 0.2) is 0 Å². The zero-order chi connectivity index (χ0) is 41.3. The third-order valence-corrected chi connectivity index (χ3v) is 10.5. The van der Waals surface area contributed by atoms with Crippen molar-refractivity contribution in [3.05, 3.63) is 0 Å². The molecule has 14 N–H and O–H groups in total. The van der Waals surface area contributed by atoms with Crippen LogP contribution >= 0.6 is 0 Å². The number of rotatable bonds is 12. The molecule has 0 radical (unpaired) electrons. The van der Waals surface area contributed by atoms with Gasteiger partial charge in [-0.1, -0.05) is 0 Å². The summed E-state index contributed by atoms with van der Waals surface area (Å²) in [6.45, 7) is 1.23. The minimum absolute atomic E-state index is 0.372. The maximum atomic E-state index is 12.7. The fourth-order valence-corrected chi connectivity index (χ4v) is 7.28. The first-order chi connectivity index (χ1) is 26.4. The number of hydrogen-bond donors (Lipinski definition) is 14. The third kappa shape index (κ3) is 9.63. The van der Waals surface area contributed by atoms with Gasteiger partial charge in [0.05, 0.1) is 38.1 Å². The van der Waals surface area contributed by atoms with Crippen LogP contribution in [-0.4, -0.2) is 239 Å². The first kappa shape index (κ1) is 45.7. The van der Waals surface area contributed by atoms with Gasteiger partial charge in [0.1, 0.15) is 97.6 Å². The number of carbonyl (C=O) groups is 1. The molecule has 5 aliphatic rings. The van der Waals surface area contributed by atoms with Gasteiger partial charge in [0.25, 0.3) is 0 Å². The van der Waals surface area contributed by atoms with Crippen molar-refractivity contribution in [3.63, 3.8) is 0 Å². The SMILES string of the molecule is CC(=O)NC1[C@H](O[C@@H]2C[C@H](O)OC(CO)C2O)OC(CO)C(O[C@@H]2OC(CO)C(O)[C@H](O)C2OC2OC(C)[C@H](O)C(O)[C@@H]2O)[C@@H]1O[C@H]1OC(C)C(O)[C@@H](O)C1O. The summed E-state index contributed by atoms with van der Waals surface area (Å²) >= 11 is 0. The van der Waals surface area contributed by atoms with E-state index in [0.717, 1.165) is 6.92 Å². The number of aliphatic hydroxyl groups excluding tert-OH is 13. The molecule has 5 fully saturated rings. The summed E-state index contributed by atoms with van der Waals surface area (Å²) in [5, 5.41) is 139. The number of nitrogens with one attached hydrogen (secondary N) is 1. The van der Waals surface area contributed by atoms with Crippen LogP contribution in [0.4, 0.5) is 0 Å². The maximum Gasteiger partial charge on any atom is 0.217 e. The predicted octanol–water partition coefficient (Wildman–Crippen LogP) is -8.70. The van der Waals surface area contributed by atoms with Crippen molar-refractivity contribution in [2.45, 2.75) is 175 Å². The quantitative estimate of drug-likeness (QED) is 0.0869. The Morgan fingerprint density at radius 1 is 0.518 bits per heavy atom. The summed E-state index contributed by atoms with van der Waals surface area (Å²) in [5.74, 6) is -0.746. The molecule has 14 unspecified atom stereocenters. The van der Waals surface area contributed by atoms with Crippen LogP contribution < -0.4 is 5.32 Å². The molecular formula is C32H55NO23. The molecule has 24 heteroatoms. The van der Waals surface area contributed by atoms with Crippen LogP contribution in [0, 0.1) is 0 Å². The van der Waals surface area contributed by atoms with Crippen molar-refractivity contribution in [1.82, 2.24) is 5.32 Å². The molecule has 0 aromatic carbocycles. The Labute approximate surface area is 319 Å². The highest BCUT2D eigenvalue weighted by atomic mass is 16.8. The molecule has 5 aliphatic heterocycles. The second kappa shape index (κ2) is 19.3. The standard InChI is InChI=1S/C32H55NO23/c1-8-17(39)21(43)24(46)30(48-8)55-27-16(33-10(3)37)29(51-11-4-15(38)50-12(5-34)19(11)41)53-14(7-36)26(27)54-32-28(23(45)20(42)13(6-35)52-32)56-31-25(47)22(44)18(40)9(2)49-31/h8-9,11-32,34-36,38-47H,4-7H2,1-3H3,(H,33,37)/t8?,9?,11-,12?,13?,14?,15-,16?,17?,18+,19?,20?,21-,22?,23+,24?,25+,26?,27-,28?,29-,30-,31?,32+/m1/s1. The van der Waals surface area contributed by atoms with Crippen LogP contribution in [0.1, 0.15) is 27.2 Å². The van der Waals surface area contributed by atoms with Crippen molar-refractivity contribution in [1.29, 1.82) is 0 Å². The molecule has 56 heavy (non-hydrogen) atoms. The largest absolute Gasteiger partial charge is 0.394 e. The molecule has 0 bridgehead atoms. The zero-order valence-electron chi connectivity index (χ0n) is 30.6. The zero-order valence-corrected chi connectivity index (χ0v) is 30.6. The van der Waals surface area contributed by atoms with Crippen LogP contribution in [0.5, 0.6) is 0 Å². The van der Waals surface area contributed by atoms with Crippen molar-refractivity contribution in [3.8, 4) is 0 Å². The highest BCUT2D eigenvalue weighted by Gasteiger charge is 2.57. The van der Waals surface area contributed by atoms with Crippen LogP contribution in [-0.2, 0) is 47.4 Å². The van der Waals surface area contributed by atoms with Crippen molar-refractivity contribution in [2.24, 2.45) is 0 Å². The normalized spacial score (nSPS) is 51.7. The Morgan fingerprint density at radius 2 is 1.00 bits per heavy atom. The van der Waals surface area contributed by atoms with Gasteiger partial charge in [-0.05, 0) is 13.8 Å². The Bertz CT molecular complexity index is 1260. The number of aliphatic hydroxyl groups is 13. The summed E-state index contributed by atoms with van der Waals surface area (Å²) in [6.07, 6.45) is -38.5. The maximum absolute atomic E-state index is 12.7. The third-order valence-electron chi connectivity index (χ3n) is 10.5. The van der Waals surface area contributed by atoms with Crippen molar-refractivity contribution >= 4 is 5.91 Å². The molecule has 24 nitrogen and oxygen atoms in total. The topological polar surface area (TPSA) is 375 Å². The minimum Gasteiger partial charge on any atom is -0.394 e. The molecule has 0 aromatic heterocycles. The molecule has 5 heterocycles. The first-order valence-electron chi connectivity index (χ1n) is 18.2. The molecule has 0 aromatic rings. The molecule has 0 saturated carbocycles. The fourth-order valence-electron chi connectivity index (χ4n) is 7.28. The van der Waals surface area contributed by atoms with E-state index in [1.165, 1.54) is 13.8 Å². The number of amides is 1. The molecule has 0 spiro atoms. The molecule has 1 amide bonds. The minimum atomic E-state index is -1.98. The van der Waals surface area contributed by atoms with Crippen LogP contribution in [0.2, 0.25) is 0 Å². The molecular weight excluding hydrogens is 766 g/mol. The van der Waals surface area contributed by atoms with E-state index < -0.39 is 173 Å². The van der Waals surface area contributed by atoms with Crippen molar-refractivity contribution < 1.29 is 114 Å². The van der Waals surface area contributed by atoms with E-state index in [2.05, 4.69) is 5.32 Å². The van der Waals surface area contributed by atoms with Gasteiger partial charge in [-0.3, -0.25) is 4.79 Å². The lowest BCUT2D eigenvalue weighted by Gasteiger charge is -2.51. The monoisotopic (exact) mass is 821 g/mol. The van der Waals surface area contributed by atoms with Gasteiger partial charge >= 0.3 is 0 Å². The number of ether oxygens (including phenoxy) is 9. The number of carbonyl (C=O) groups excluding carboxylic acids is 1. The summed E-state index contributed by atoms with van der Waals surface area (Å²) in [5.41, 5.74) is 0. The lowest BCUT2D eigenvalue weighted by atomic mass is 9.93. The molecule has 326 valence electrons. The van der Waals surface area contributed by atoms with E-state index in [0.29, 0.717) is 0 Å². The Morgan fingerprint density at radius 3 is 1.52 bits per heavy atom. The first-order valence-corrected chi connectivity index (χ1v) is 18.2. The lowest BCUT2D eigenvalue weighted by Crippen LogP contribution is -2.70.